The number of nitrogens with zero attached hydrogens (tertiary/aromatic N) is 3. The second-order valence-corrected chi connectivity index (χ2v) is 2.88. The molecular formula is C8H11N3. The van der Waals surface area contributed by atoms with Gasteiger partial charge in [0.2, 0.25) is 0 Å². The summed E-state index contributed by atoms with van der Waals surface area (Å²) < 4.78 is 0. The highest BCUT2D eigenvalue weighted by atomic mass is 15.1. The number of anilines is 1. The summed E-state index contributed by atoms with van der Waals surface area (Å²) in [5, 5.41) is 0. The van der Waals surface area contributed by atoms with Crippen LogP contribution in [0.4, 0.5) is 5.69 Å². The molecule has 0 spiro atoms. The second-order valence-electron chi connectivity index (χ2n) is 2.88. The van der Waals surface area contributed by atoms with Crippen molar-refractivity contribution in [1.82, 2.24) is 9.97 Å². The largest absolute Gasteiger partial charge is 0.372 e. The third-order valence-corrected chi connectivity index (χ3v) is 2.09. The first kappa shape index (κ1) is 6.58. The number of rotatable bonds is 0. The Morgan fingerprint density at radius 3 is 3.27 bits per heavy atom. The van der Waals surface area contributed by atoms with Crippen molar-refractivity contribution in [2.24, 2.45) is 0 Å². The zero-order chi connectivity index (χ0) is 7.68. The van der Waals surface area contributed by atoms with Gasteiger partial charge in [0.05, 0.1) is 17.6 Å². The van der Waals surface area contributed by atoms with Crippen LogP contribution in [0.1, 0.15) is 12.1 Å². The lowest BCUT2D eigenvalue weighted by molar-refractivity contribution is 0.719. The minimum atomic E-state index is 1.10. The number of hydrogen-bond acceptors (Lipinski definition) is 3. The first-order valence-corrected chi connectivity index (χ1v) is 3.88. The molecule has 3 heteroatoms. The molecule has 0 saturated carbocycles. The van der Waals surface area contributed by atoms with Crippen molar-refractivity contribution in [3.05, 3.63) is 18.2 Å². The fourth-order valence-electron chi connectivity index (χ4n) is 1.46. The van der Waals surface area contributed by atoms with Crippen LogP contribution in [0.5, 0.6) is 0 Å². The SMILES string of the molecule is CN1CCCc2ncncc21. The molecule has 3 nitrogen and oxygen atoms in total. The molecule has 2 heterocycles. The molecule has 58 valence electrons. The highest BCUT2D eigenvalue weighted by molar-refractivity contribution is 5.49. The third kappa shape index (κ3) is 1.06. The number of aromatic nitrogens is 2. The van der Waals surface area contributed by atoms with E-state index in [1.807, 2.05) is 6.20 Å². The standard InChI is InChI=1S/C8H11N3/c1-11-4-2-3-7-8(11)5-9-6-10-7/h5-6H,2-4H2,1H3. The summed E-state index contributed by atoms with van der Waals surface area (Å²) in [5.74, 6) is 0. The van der Waals surface area contributed by atoms with Crippen molar-refractivity contribution < 1.29 is 0 Å². The van der Waals surface area contributed by atoms with Gasteiger partial charge in [-0.05, 0) is 12.8 Å². The van der Waals surface area contributed by atoms with E-state index in [9.17, 15) is 0 Å². The van der Waals surface area contributed by atoms with Gasteiger partial charge in [-0.3, -0.25) is 0 Å². The highest BCUT2D eigenvalue weighted by Crippen LogP contribution is 2.21. The monoisotopic (exact) mass is 149 g/mol. The molecule has 0 aliphatic carbocycles. The lowest BCUT2D eigenvalue weighted by atomic mass is 10.1. The maximum absolute atomic E-state index is 4.22. The summed E-state index contributed by atoms with van der Waals surface area (Å²) in [5.41, 5.74) is 2.38. The van der Waals surface area contributed by atoms with E-state index in [0.29, 0.717) is 0 Å². The first-order valence-electron chi connectivity index (χ1n) is 3.88. The van der Waals surface area contributed by atoms with E-state index in [1.54, 1.807) is 6.33 Å². The zero-order valence-electron chi connectivity index (χ0n) is 6.62. The Hall–Kier alpha value is -1.12. The average molecular weight is 149 g/mol. The molecule has 11 heavy (non-hydrogen) atoms. The van der Waals surface area contributed by atoms with Gasteiger partial charge in [-0.25, -0.2) is 9.97 Å². The van der Waals surface area contributed by atoms with Crippen LogP contribution in [0.3, 0.4) is 0 Å². The highest BCUT2D eigenvalue weighted by Gasteiger charge is 2.13. The molecule has 0 N–H and O–H groups in total. The summed E-state index contributed by atoms with van der Waals surface area (Å²) in [6.45, 7) is 1.13. The van der Waals surface area contributed by atoms with Gasteiger partial charge >= 0.3 is 0 Å². The van der Waals surface area contributed by atoms with Crippen molar-refractivity contribution >= 4 is 5.69 Å². The molecule has 0 amide bonds. The van der Waals surface area contributed by atoms with Crippen molar-refractivity contribution in [2.75, 3.05) is 18.5 Å². The Bertz CT molecular complexity index is 259. The van der Waals surface area contributed by atoms with E-state index in [0.717, 1.165) is 13.0 Å². The third-order valence-electron chi connectivity index (χ3n) is 2.09. The molecule has 0 unspecified atom stereocenters. The van der Waals surface area contributed by atoms with E-state index in [2.05, 4.69) is 21.9 Å². The van der Waals surface area contributed by atoms with E-state index in [-0.39, 0.29) is 0 Å². The van der Waals surface area contributed by atoms with E-state index < -0.39 is 0 Å². The number of fused-ring (bicyclic) bond motifs is 1. The van der Waals surface area contributed by atoms with Crippen LogP contribution < -0.4 is 4.90 Å². The summed E-state index contributed by atoms with van der Waals surface area (Å²) in [4.78, 5) is 10.4. The lowest BCUT2D eigenvalue weighted by Gasteiger charge is -2.25. The molecule has 0 fully saturated rings. The zero-order valence-corrected chi connectivity index (χ0v) is 6.62. The quantitative estimate of drug-likeness (QED) is 0.548. The lowest BCUT2D eigenvalue weighted by Crippen LogP contribution is -2.25. The first-order chi connectivity index (χ1) is 5.38. The maximum atomic E-state index is 4.22. The fraction of sp³-hybridized carbons (Fsp3) is 0.500. The van der Waals surface area contributed by atoms with Crippen molar-refractivity contribution in [1.29, 1.82) is 0 Å². The van der Waals surface area contributed by atoms with Gasteiger partial charge < -0.3 is 4.90 Å². The minimum absolute atomic E-state index is 1.10. The molecular weight excluding hydrogens is 138 g/mol. The molecule has 0 bridgehead atoms. The van der Waals surface area contributed by atoms with Gasteiger partial charge in [0, 0.05) is 13.6 Å². The van der Waals surface area contributed by atoms with Crippen LogP contribution in [0.15, 0.2) is 12.5 Å². The summed E-state index contributed by atoms with van der Waals surface area (Å²) >= 11 is 0. The van der Waals surface area contributed by atoms with Crippen LogP contribution in [0, 0.1) is 0 Å². The van der Waals surface area contributed by atoms with Crippen LogP contribution in [0.25, 0.3) is 0 Å². The van der Waals surface area contributed by atoms with Crippen molar-refractivity contribution in [3.8, 4) is 0 Å². The molecule has 2 rings (SSSR count). The molecule has 0 atom stereocenters. The number of aryl methyl sites for hydroxylation is 1. The van der Waals surface area contributed by atoms with Crippen LogP contribution >= 0.6 is 0 Å². The van der Waals surface area contributed by atoms with E-state index in [1.165, 1.54) is 17.8 Å². The van der Waals surface area contributed by atoms with Gasteiger partial charge in [0.15, 0.2) is 0 Å². The predicted octanol–water partition coefficient (Wildman–Crippen LogP) is 0.859. The molecule has 1 aromatic rings. The number of hydrogen-bond donors (Lipinski definition) is 0. The van der Waals surface area contributed by atoms with Gasteiger partial charge in [-0.1, -0.05) is 0 Å². The maximum Gasteiger partial charge on any atom is 0.115 e. The van der Waals surface area contributed by atoms with Gasteiger partial charge in [-0.15, -0.1) is 0 Å². The van der Waals surface area contributed by atoms with Crippen LogP contribution in [0.2, 0.25) is 0 Å². The Morgan fingerprint density at radius 2 is 2.45 bits per heavy atom. The molecule has 1 aromatic heterocycles. The molecule has 1 aliphatic rings. The molecule has 0 saturated heterocycles. The molecule has 1 aliphatic heterocycles. The summed E-state index contributed by atoms with van der Waals surface area (Å²) in [6.07, 6.45) is 5.82. The molecule has 0 radical (unpaired) electrons. The smallest absolute Gasteiger partial charge is 0.115 e. The van der Waals surface area contributed by atoms with Crippen LogP contribution in [-0.4, -0.2) is 23.6 Å². The fourth-order valence-corrected chi connectivity index (χ4v) is 1.46. The van der Waals surface area contributed by atoms with Crippen molar-refractivity contribution in [3.63, 3.8) is 0 Å². The normalized spacial score (nSPS) is 16.3. The minimum Gasteiger partial charge on any atom is -0.372 e. The Balaban J connectivity index is 2.44. The predicted molar refractivity (Wildman–Crippen MR) is 43.6 cm³/mol. The Morgan fingerprint density at radius 1 is 1.55 bits per heavy atom. The van der Waals surface area contributed by atoms with E-state index >= 15 is 0 Å². The Labute approximate surface area is 66.1 Å². The van der Waals surface area contributed by atoms with Crippen molar-refractivity contribution in [2.45, 2.75) is 12.8 Å². The van der Waals surface area contributed by atoms with Gasteiger partial charge in [-0.2, -0.15) is 0 Å². The van der Waals surface area contributed by atoms with Gasteiger partial charge in [0.25, 0.3) is 0 Å². The van der Waals surface area contributed by atoms with Gasteiger partial charge in [0.1, 0.15) is 6.33 Å². The Kier molecular flexibility index (Phi) is 1.49. The molecule has 0 aromatic carbocycles. The summed E-state index contributed by atoms with van der Waals surface area (Å²) in [7, 11) is 2.08. The van der Waals surface area contributed by atoms with E-state index in [4.69, 9.17) is 0 Å². The second kappa shape index (κ2) is 2.49. The summed E-state index contributed by atoms with van der Waals surface area (Å²) in [6, 6.07) is 0. The van der Waals surface area contributed by atoms with Crippen LogP contribution in [-0.2, 0) is 6.42 Å². The topological polar surface area (TPSA) is 29.0 Å². The average Bonchev–Trinajstić information content (AvgIpc) is 2.06.